The molecule has 0 saturated carbocycles. The van der Waals surface area contributed by atoms with E-state index in [1.165, 1.54) is 0 Å². The smallest absolute Gasteiger partial charge is 0.227 e. The largest absolute Gasteiger partial charge is 0.497 e. The summed E-state index contributed by atoms with van der Waals surface area (Å²) >= 11 is 0. The lowest BCUT2D eigenvalue weighted by Gasteiger charge is -2.37. The SMILES string of the molecule is CCCCC(=O)N1c2ccccc2NC2=C(C(=O)CC(C)(C)C2)[C@@H]1c1ccc(OC)cc1OC. The van der Waals surface area contributed by atoms with E-state index < -0.39 is 6.04 Å². The van der Waals surface area contributed by atoms with Crippen molar-refractivity contribution in [3.05, 3.63) is 59.3 Å². The summed E-state index contributed by atoms with van der Waals surface area (Å²) in [4.78, 5) is 29.3. The van der Waals surface area contributed by atoms with E-state index in [2.05, 4.69) is 26.1 Å². The van der Waals surface area contributed by atoms with Gasteiger partial charge in [0.05, 0.1) is 31.6 Å². The molecule has 2 aromatic rings. The second kappa shape index (κ2) is 9.53. The number of ketones is 1. The second-order valence-corrected chi connectivity index (χ2v) is 9.85. The number of para-hydroxylation sites is 2. The summed E-state index contributed by atoms with van der Waals surface area (Å²) in [6.07, 6.45) is 3.24. The van der Waals surface area contributed by atoms with Crippen molar-refractivity contribution in [1.82, 2.24) is 0 Å². The van der Waals surface area contributed by atoms with Crippen LogP contribution in [0.5, 0.6) is 11.5 Å². The van der Waals surface area contributed by atoms with Gasteiger partial charge in [0.1, 0.15) is 11.5 Å². The number of carbonyl (C=O) groups excluding carboxylic acids is 2. The van der Waals surface area contributed by atoms with Crippen molar-refractivity contribution in [2.75, 3.05) is 24.4 Å². The molecule has 2 aromatic carbocycles. The molecule has 6 nitrogen and oxygen atoms in total. The van der Waals surface area contributed by atoms with Gasteiger partial charge in [-0.3, -0.25) is 14.5 Å². The third-order valence-electron chi connectivity index (χ3n) is 6.65. The third-order valence-corrected chi connectivity index (χ3v) is 6.65. The summed E-state index contributed by atoms with van der Waals surface area (Å²) in [5, 5.41) is 3.55. The van der Waals surface area contributed by atoms with Gasteiger partial charge in [-0.1, -0.05) is 39.3 Å². The maximum absolute atomic E-state index is 13.8. The molecule has 0 bridgehead atoms. The number of ether oxygens (including phenoxy) is 2. The van der Waals surface area contributed by atoms with Gasteiger partial charge in [0.25, 0.3) is 0 Å². The minimum atomic E-state index is -0.597. The highest BCUT2D eigenvalue weighted by Crippen LogP contribution is 2.50. The Hall–Kier alpha value is -3.28. The number of hydrogen-bond acceptors (Lipinski definition) is 5. The first kappa shape index (κ1) is 23.9. The van der Waals surface area contributed by atoms with Crippen molar-refractivity contribution < 1.29 is 19.1 Å². The number of nitrogens with one attached hydrogen (secondary N) is 1. The fourth-order valence-electron chi connectivity index (χ4n) is 5.05. The van der Waals surface area contributed by atoms with Crippen LogP contribution in [0.15, 0.2) is 53.7 Å². The Morgan fingerprint density at radius 3 is 2.59 bits per heavy atom. The molecule has 1 aliphatic heterocycles. The Labute approximate surface area is 201 Å². The zero-order chi connectivity index (χ0) is 24.5. The van der Waals surface area contributed by atoms with Crippen molar-refractivity contribution in [3.63, 3.8) is 0 Å². The number of unbranched alkanes of at least 4 members (excludes halogenated alkanes) is 1. The Balaban J connectivity index is 2.01. The quantitative estimate of drug-likeness (QED) is 0.567. The number of anilines is 2. The van der Waals surface area contributed by atoms with Crippen LogP contribution in [0, 0.1) is 5.41 Å². The number of rotatable bonds is 6. The molecule has 1 atom stereocenters. The first-order valence-corrected chi connectivity index (χ1v) is 12.0. The number of Topliss-reactive ketones (excluding diaryl/α,β-unsaturated/α-hetero) is 1. The second-order valence-electron chi connectivity index (χ2n) is 9.85. The average Bonchev–Trinajstić information content (AvgIpc) is 2.95. The number of methoxy groups -OCH3 is 2. The molecule has 1 heterocycles. The number of hydrogen-bond donors (Lipinski definition) is 1. The molecule has 0 spiro atoms. The highest BCUT2D eigenvalue weighted by atomic mass is 16.5. The van der Waals surface area contributed by atoms with Crippen LogP contribution in [0.2, 0.25) is 0 Å². The van der Waals surface area contributed by atoms with Crippen LogP contribution < -0.4 is 19.7 Å². The fraction of sp³-hybridized carbons (Fsp3) is 0.429. The summed E-state index contributed by atoms with van der Waals surface area (Å²) in [6, 6.07) is 12.8. The minimum Gasteiger partial charge on any atom is -0.497 e. The number of carbonyl (C=O) groups is 2. The predicted molar refractivity (Wildman–Crippen MR) is 134 cm³/mol. The van der Waals surface area contributed by atoms with Gasteiger partial charge in [0.15, 0.2) is 5.78 Å². The van der Waals surface area contributed by atoms with Crippen molar-refractivity contribution in [2.45, 2.75) is 58.9 Å². The van der Waals surface area contributed by atoms with Crippen LogP contribution in [-0.2, 0) is 9.59 Å². The van der Waals surface area contributed by atoms with E-state index in [1.54, 1.807) is 19.1 Å². The van der Waals surface area contributed by atoms with E-state index in [0.717, 1.165) is 35.5 Å². The van der Waals surface area contributed by atoms with Crippen molar-refractivity contribution in [3.8, 4) is 11.5 Å². The molecule has 2 aliphatic rings. The molecule has 4 rings (SSSR count). The zero-order valence-electron chi connectivity index (χ0n) is 20.7. The van der Waals surface area contributed by atoms with E-state index >= 15 is 0 Å². The molecule has 1 amide bonds. The Morgan fingerprint density at radius 1 is 1.12 bits per heavy atom. The van der Waals surface area contributed by atoms with Crippen LogP contribution in [-0.4, -0.2) is 25.9 Å². The summed E-state index contributed by atoms with van der Waals surface area (Å²) in [7, 11) is 3.21. The maximum atomic E-state index is 13.8. The van der Waals surface area contributed by atoms with Crippen LogP contribution in [0.25, 0.3) is 0 Å². The lowest BCUT2D eigenvalue weighted by Crippen LogP contribution is -2.39. The molecule has 1 N–H and O–H groups in total. The summed E-state index contributed by atoms with van der Waals surface area (Å²) < 4.78 is 11.2. The van der Waals surface area contributed by atoms with Gasteiger partial charge < -0.3 is 14.8 Å². The van der Waals surface area contributed by atoms with Gasteiger partial charge in [-0.05, 0) is 42.5 Å². The third kappa shape index (κ3) is 4.41. The number of nitrogens with zero attached hydrogens (tertiary/aromatic N) is 1. The summed E-state index contributed by atoms with van der Waals surface area (Å²) in [5.74, 6) is 1.29. The van der Waals surface area contributed by atoms with E-state index in [-0.39, 0.29) is 17.1 Å². The molecule has 0 unspecified atom stereocenters. The first-order valence-electron chi connectivity index (χ1n) is 12.0. The average molecular weight is 463 g/mol. The number of allylic oxidation sites excluding steroid dienone is 1. The first-order chi connectivity index (χ1) is 16.3. The Bertz CT molecular complexity index is 1130. The molecule has 180 valence electrons. The van der Waals surface area contributed by atoms with Crippen molar-refractivity contribution >= 4 is 23.1 Å². The highest BCUT2D eigenvalue weighted by molar-refractivity contribution is 6.06. The normalized spacial score (nSPS) is 19.0. The van der Waals surface area contributed by atoms with Crippen LogP contribution in [0.4, 0.5) is 11.4 Å². The standard InChI is InChI=1S/C28H34N2O4/c1-6-7-12-25(32)30-22-11-9-8-10-20(22)29-21-16-28(2,3)17-23(31)26(21)27(30)19-14-13-18(33-4)15-24(19)34-5/h8-11,13-15,27,29H,6-7,12,16-17H2,1-5H3/t27-/m0/s1. The van der Waals surface area contributed by atoms with Crippen molar-refractivity contribution in [1.29, 1.82) is 0 Å². The van der Waals surface area contributed by atoms with Gasteiger partial charge in [0, 0.05) is 35.7 Å². The minimum absolute atomic E-state index is 0.00893. The van der Waals surface area contributed by atoms with E-state index in [4.69, 9.17) is 9.47 Å². The topological polar surface area (TPSA) is 67.9 Å². The molecular weight excluding hydrogens is 428 g/mol. The maximum Gasteiger partial charge on any atom is 0.227 e. The highest BCUT2D eigenvalue weighted by Gasteiger charge is 2.44. The van der Waals surface area contributed by atoms with Gasteiger partial charge in [-0.2, -0.15) is 0 Å². The molecule has 0 saturated heterocycles. The molecular formula is C28H34N2O4. The summed E-state index contributed by atoms with van der Waals surface area (Å²) in [6.45, 7) is 6.29. The number of fused-ring (bicyclic) bond motifs is 1. The van der Waals surface area contributed by atoms with Crippen LogP contribution >= 0.6 is 0 Å². The van der Waals surface area contributed by atoms with Gasteiger partial charge in [0.2, 0.25) is 5.91 Å². The Morgan fingerprint density at radius 2 is 1.88 bits per heavy atom. The summed E-state index contributed by atoms with van der Waals surface area (Å²) in [5.41, 5.74) is 3.72. The zero-order valence-corrected chi connectivity index (χ0v) is 20.7. The monoisotopic (exact) mass is 462 g/mol. The molecule has 0 fully saturated rings. The fourth-order valence-corrected chi connectivity index (χ4v) is 5.05. The van der Waals surface area contributed by atoms with E-state index in [0.29, 0.717) is 36.3 Å². The van der Waals surface area contributed by atoms with Gasteiger partial charge in [-0.15, -0.1) is 0 Å². The molecule has 0 radical (unpaired) electrons. The van der Waals surface area contributed by atoms with E-state index in [9.17, 15) is 9.59 Å². The predicted octanol–water partition coefficient (Wildman–Crippen LogP) is 6.04. The number of benzene rings is 2. The molecule has 0 aromatic heterocycles. The molecule has 34 heavy (non-hydrogen) atoms. The van der Waals surface area contributed by atoms with Crippen molar-refractivity contribution in [2.24, 2.45) is 5.41 Å². The van der Waals surface area contributed by atoms with Gasteiger partial charge >= 0.3 is 0 Å². The Kier molecular flexibility index (Phi) is 6.69. The van der Waals surface area contributed by atoms with Crippen LogP contribution in [0.1, 0.15) is 64.5 Å². The molecule has 6 heteroatoms. The number of amides is 1. The molecule has 1 aliphatic carbocycles. The lowest BCUT2D eigenvalue weighted by atomic mass is 9.73. The van der Waals surface area contributed by atoms with Crippen LogP contribution in [0.3, 0.4) is 0 Å². The lowest BCUT2D eigenvalue weighted by molar-refractivity contribution is -0.119. The van der Waals surface area contributed by atoms with Gasteiger partial charge in [-0.25, -0.2) is 0 Å². The van der Waals surface area contributed by atoms with E-state index in [1.807, 2.05) is 42.5 Å².